The third-order valence-electron chi connectivity index (χ3n) is 4.40. The maximum atomic E-state index is 12.6. The van der Waals surface area contributed by atoms with Crippen LogP contribution in [0.5, 0.6) is 0 Å². The molecule has 2 heterocycles. The van der Waals surface area contributed by atoms with E-state index in [9.17, 15) is 9.59 Å². The highest BCUT2D eigenvalue weighted by atomic mass is 32.2. The van der Waals surface area contributed by atoms with E-state index in [-0.39, 0.29) is 11.8 Å². The van der Waals surface area contributed by atoms with Gasteiger partial charge in [0.25, 0.3) is 11.8 Å². The quantitative estimate of drug-likeness (QED) is 0.722. The zero-order valence-corrected chi connectivity index (χ0v) is 15.4. The molecule has 0 fully saturated rings. The number of amides is 2. The molecule has 0 saturated carbocycles. The summed E-state index contributed by atoms with van der Waals surface area (Å²) in [6.45, 7) is 2.29. The summed E-state index contributed by atoms with van der Waals surface area (Å²) in [5.41, 5.74) is 2.61. The standard InChI is InChI=1S/C20H17N3O3S/c1-12-14(19(24)22-9-8-13-10-21-11-26-13)6-7-17-18(12)23-20(25)15-4-2-3-5-16(15)27-17/h2-7,10-11H,8-9H2,1H3,(H,22,24)(H,23,25). The summed E-state index contributed by atoms with van der Waals surface area (Å²) in [6.07, 6.45) is 3.56. The Balaban J connectivity index is 1.56. The summed E-state index contributed by atoms with van der Waals surface area (Å²) in [5, 5.41) is 5.84. The third-order valence-corrected chi connectivity index (χ3v) is 5.54. The molecule has 1 aliphatic heterocycles. The monoisotopic (exact) mass is 379 g/mol. The van der Waals surface area contributed by atoms with Gasteiger partial charge in [0, 0.05) is 28.3 Å². The van der Waals surface area contributed by atoms with Crippen LogP contribution in [-0.4, -0.2) is 23.3 Å². The number of nitrogens with zero attached hydrogens (tertiary/aromatic N) is 1. The average Bonchev–Trinajstić information content (AvgIpc) is 3.13. The van der Waals surface area contributed by atoms with E-state index in [0.29, 0.717) is 29.8 Å². The van der Waals surface area contributed by atoms with Crippen LogP contribution in [0.4, 0.5) is 5.69 Å². The van der Waals surface area contributed by atoms with Crippen LogP contribution in [0.1, 0.15) is 32.0 Å². The number of benzene rings is 2. The van der Waals surface area contributed by atoms with Crippen molar-refractivity contribution in [3.63, 3.8) is 0 Å². The molecule has 0 bridgehead atoms. The Hall–Kier alpha value is -3.06. The molecule has 0 spiro atoms. The van der Waals surface area contributed by atoms with Crippen LogP contribution in [0.3, 0.4) is 0 Å². The number of rotatable bonds is 4. The highest BCUT2D eigenvalue weighted by Gasteiger charge is 2.23. The molecular formula is C20H17N3O3S. The average molecular weight is 379 g/mol. The molecule has 2 amide bonds. The summed E-state index contributed by atoms with van der Waals surface area (Å²) >= 11 is 1.52. The molecule has 0 atom stereocenters. The van der Waals surface area contributed by atoms with Gasteiger partial charge in [0.1, 0.15) is 5.76 Å². The maximum Gasteiger partial charge on any atom is 0.256 e. The number of nitrogens with one attached hydrogen (secondary N) is 2. The molecule has 0 unspecified atom stereocenters. The van der Waals surface area contributed by atoms with E-state index in [2.05, 4.69) is 15.6 Å². The lowest BCUT2D eigenvalue weighted by atomic mass is 10.1. The Morgan fingerprint density at radius 1 is 1.22 bits per heavy atom. The lowest BCUT2D eigenvalue weighted by molar-refractivity contribution is 0.0951. The molecule has 1 aliphatic rings. The zero-order chi connectivity index (χ0) is 18.8. The molecule has 0 radical (unpaired) electrons. The highest BCUT2D eigenvalue weighted by molar-refractivity contribution is 7.99. The van der Waals surface area contributed by atoms with E-state index in [1.807, 2.05) is 31.2 Å². The van der Waals surface area contributed by atoms with Gasteiger partial charge in [0.2, 0.25) is 0 Å². The first kappa shape index (κ1) is 17.4. The van der Waals surface area contributed by atoms with Crippen molar-refractivity contribution >= 4 is 29.3 Å². The molecule has 1 aromatic heterocycles. The minimum absolute atomic E-state index is 0.164. The zero-order valence-electron chi connectivity index (χ0n) is 14.6. The number of hydrogen-bond donors (Lipinski definition) is 2. The van der Waals surface area contributed by atoms with E-state index in [1.165, 1.54) is 18.2 Å². The highest BCUT2D eigenvalue weighted by Crippen LogP contribution is 2.40. The van der Waals surface area contributed by atoms with Gasteiger partial charge in [-0.15, -0.1) is 0 Å². The predicted octanol–water partition coefficient (Wildman–Crippen LogP) is 3.67. The summed E-state index contributed by atoms with van der Waals surface area (Å²) < 4.78 is 5.16. The van der Waals surface area contributed by atoms with Gasteiger partial charge in [-0.1, -0.05) is 23.9 Å². The molecule has 0 saturated heterocycles. The van der Waals surface area contributed by atoms with Crippen molar-refractivity contribution < 1.29 is 14.0 Å². The second kappa shape index (κ2) is 7.28. The lowest BCUT2D eigenvalue weighted by Crippen LogP contribution is -2.26. The molecule has 2 N–H and O–H groups in total. The summed E-state index contributed by atoms with van der Waals surface area (Å²) in [7, 11) is 0. The molecule has 7 heteroatoms. The SMILES string of the molecule is Cc1c(C(=O)NCCc2cnco2)ccc2c1NC(=O)c1ccccc1S2. The minimum Gasteiger partial charge on any atom is -0.448 e. The fourth-order valence-corrected chi connectivity index (χ4v) is 4.07. The van der Waals surface area contributed by atoms with Crippen molar-refractivity contribution in [3.8, 4) is 0 Å². The van der Waals surface area contributed by atoms with Crippen LogP contribution >= 0.6 is 11.8 Å². The van der Waals surface area contributed by atoms with Gasteiger partial charge in [-0.25, -0.2) is 4.98 Å². The first-order valence-corrected chi connectivity index (χ1v) is 9.32. The van der Waals surface area contributed by atoms with Crippen LogP contribution in [-0.2, 0) is 6.42 Å². The third kappa shape index (κ3) is 3.46. The Kier molecular flexibility index (Phi) is 4.68. The summed E-state index contributed by atoms with van der Waals surface area (Å²) in [5.74, 6) is 0.369. The Morgan fingerprint density at radius 2 is 2.07 bits per heavy atom. The Bertz CT molecular complexity index is 1020. The number of carbonyl (C=O) groups excluding carboxylic acids is 2. The van der Waals surface area contributed by atoms with Crippen molar-refractivity contribution in [2.24, 2.45) is 0 Å². The second-order valence-electron chi connectivity index (χ2n) is 6.14. The molecular weight excluding hydrogens is 362 g/mol. The van der Waals surface area contributed by atoms with Crippen LogP contribution in [0.25, 0.3) is 0 Å². The number of fused-ring (bicyclic) bond motifs is 2. The number of anilines is 1. The van der Waals surface area contributed by atoms with E-state index >= 15 is 0 Å². The van der Waals surface area contributed by atoms with Gasteiger partial charge < -0.3 is 15.1 Å². The normalized spacial score (nSPS) is 12.6. The van der Waals surface area contributed by atoms with Crippen LogP contribution < -0.4 is 10.6 Å². The molecule has 3 aromatic rings. The number of oxazole rings is 1. The van der Waals surface area contributed by atoms with Crippen LogP contribution in [0, 0.1) is 6.92 Å². The topological polar surface area (TPSA) is 84.2 Å². The smallest absolute Gasteiger partial charge is 0.256 e. The molecule has 27 heavy (non-hydrogen) atoms. The van der Waals surface area contributed by atoms with Gasteiger partial charge in [-0.3, -0.25) is 9.59 Å². The fourth-order valence-electron chi connectivity index (χ4n) is 2.98. The van der Waals surface area contributed by atoms with E-state index in [4.69, 9.17) is 4.42 Å². The Morgan fingerprint density at radius 3 is 2.89 bits per heavy atom. The van der Waals surface area contributed by atoms with E-state index in [0.717, 1.165) is 21.1 Å². The largest absolute Gasteiger partial charge is 0.448 e. The van der Waals surface area contributed by atoms with Gasteiger partial charge in [0.15, 0.2) is 6.39 Å². The van der Waals surface area contributed by atoms with Crippen LogP contribution in [0.15, 0.2) is 63.2 Å². The fraction of sp³-hybridized carbons (Fsp3) is 0.150. The minimum atomic E-state index is -0.184. The molecule has 2 aromatic carbocycles. The van der Waals surface area contributed by atoms with Gasteiger partial charge in [-0.05, 0) is 36.8 Å². The van der Waals surface area contributed by atoms with Gasteiger partial charge >= 0.3 is 0 Å². The predicted molar refractivity (Wildman–Crippen MR) is 102 cm³/mol. The van der Waals surface area contributed by atoms with Crippen molar-refractivity contribution in [2.45, 2.75) is 23.1 Å². The van der Waals surface area contributed by atoms with E-state index < -0.39 is 0 Å². The molecule has 6 nitrogen and oxygen atoms in total. The molecule has 136 valence electrons. The second-order valence-corrected chi connectivity index (χ2v) is 7.22. The number of hydrogen-bond acceptors (Lipinski definition) is 5. The Labute approximate surface area is 160 Å². The molecule has 4 rings (SSSR count). The maximum absolute atomic E-state index is 12.6. The van der Waals surface area contributed by atoms with Crippen molar-refractivity contribution in [1.82, 2.24) is 10.3 Å². The van der Waals surface area contributed by atoms with Crippen molar-refractivity contribution in [3.05, 3.63) is 71.4 Å². The van der Waals surface area contributed by atoms with Crippen molar-refractivity contribution in [2.75, 3.05) is 11.9 Å². The van der Waals surface area contributed by atoms with Gasteiger partial charge in [-0.2, -0.15) is 0 Å². The van der Waals surface area contributed by atoms with E-state index in [1.54, 1.807) is 18.3 Å². The van der Waals surface area contributed by atoms with Crippen molar-refractivity contribution in [1.29, 1.82) is 0 Å². The van der Waals surface area contributed by atoms with Gasteiger partial charge in [0.05, 0.1) is 17.4 Å². The van der Waals surface area contributed by atoms with Crippen LogP contribution in [0.2, 0.25) is 0 Å². The first-order valence-electron chi connectivity index (χ1n) is 8.51. The summed E-state index contributed by atoms with van der Waals surface area (Å²) in [4.78, 5) is 30.8. The number of aromatic nitrogens is 1. The summed E-state index contributed by atoms with van der Waals surface area (Å²) in [6, 6.07) is 11.2. The molecule has 0 aliphatic carbocycles. The first-order chi connectivity index (χ1) is 13.1. The number of carbonyl (C=O) groups is 2. The lowest BCUT2D eigenvalue weighted by Gasteiger charge is -2.14.